The summed E-state index contributed by atoms with van der Waals surface area (Å²) in [5.74, 6) is -0.852. The van der Waals surface area contributed by atoms with Crippen molar-refractivity contribution in [3.8, 4) is 0 Å². The van der Waals surface area contributed by atoms with Gasteiger partial charge < -0.3 is 5.32 Å². The van der Waals surface area contributed by atoms with E-state index in [1.165, 1.54) is 47.9 Å². The molecule has 1 aliphatic heterocycles. The molecule has 1 atom stereocenters. The van der Waals surface area contributed by atoms with Crippen molar-refractivity contribution in [3.05, 3.63) is 70.5 Å². The molecule has 1 aromatic heterocycles. The quantitative estimate of drug-likeness (QED) is 0.701. The van der Waals surface area contributed by atoms with Gasteiger partial charge in [-0.1, -0.05) is 18.6 Å². The zero-order chi connectivity index (χ0) is 21.1. The van der Waals surface area contributed by atoms with E-state index in [1.54, 1.807) is 0 Å². The molecular formula is C23H25FN4O2. The van der Waals surface area contributed by atoms with Crippen molar-refractivity contribution in [2.24, 2.45) is 0 Å². The van der Waals surface area contributed by atoms with E-state index >= 15 is 0 Å². The van der Waals surface area contributed by atoms with Crippen LogP contribution < -0.4 is 10.9 Å². The van der Waals surface area contributed by atoms with Gasteiger partial charge in [0.05, 0.1) is 17.2 Å². The number of fused-ring (bicyclic) bond motifs is 1. The average Bonchev–Trinajstić information content (AvgIpc) is 2.73. The van der Waals surface area contributed by atoms with Crippen molar-refractivity contribution in [2.75, 3.05) is 11.9 Å². The molecule has 156 valence electrons. The second-order valence-electron chi connectivity index (χ2n) is 7.90. The number of piperidine rings is 1. The smallest absolute Gasteiger partial charge is 0.261 e. The summed E-state index contributed by atoms with van der Waals surface area (Å²) < 4.78 is 14.6. The minimum absolute atomic E-state index is 0.154. The first-order chi connectivity index (χ1) is 14.5. The number of halogens is 1. The van der Waals surface area contributed by atoms with E-state index in [0.29, 0.717) is 17.2 Å². The van der Waals surface area contributed by atoms with Crippen LogP contribution in [0.3, 0.4) is 0 Å². The Balaban J connectivity index is 1.40. The van der Waals surface area contributed by atoms with Crippen LogP contribution in [0.15, 0.2) is 53.6 Å². The molecule has 6 nitrogen and oxygen atoms in total. The molecule has 1 amide bonds. The standard InChI is InChI=1S/C23H25FN4O2/c1-16-4-2-3-11-27(16)13-17-5-8-19(9-6-17)26-22(29)14-28-15-25-21-10-7-18(24)12-20(21)23(28)30/h5-10,12,15-16H,2-4,11,13-14H2,1H3,(H,26,29). The molecule has 1 unspecified atom stereocenters. The van der Waals surface area contributed by atoms with Crippen LogP contribution in [0.2, 0.25) is 0 Å². The summed E-state index contributed by atoms with van der Waals surface area (Å²) in [4.78, 5) is 31.5. The summed E-state index contributed by atoms with van der Waals surface area (Å²) in [6.45, 7) is 4.11. The molecule has 2 heterocycles. The summed E-state index contributed by atoms with van der Waals surface area (Å²) in [6, 6.07) is 12.2. The second-order valence-corrected chi connectivity index (χ2v) is 7.90. The molecule has 0 saturated carbocycles. The maximum absolute atomic E-state index is 13.4. The topological polar surface area (TPSA) is 67.2 Å². The molecule has 0 bridgehead atoms. The molecule has 30 heavy (non-hydrogen) atoms. The second kappa shape index (κ2) is 8.75. The number of hydrogen-bond donors (Lipinski definition) is 1. The van der Waals surface area contributed by atoms with Crippen molar-refractivity contribution in [2.45, 2.75) is 45.3 Å². The molecule has 0 aliphatic carbocycles. The van der Waals surface area contributed by atoms with E-state index in [-0.39, 0.29) is 17.8 Å². The van der Waals surface area contributed by atoms with Crippen molar-refractivity contribution in [1.82, 2.24) is 14.5 Å². The summed E-state index contributed by atoms with van der Waals surface area (Å²) in [5.41, 5.74) is 1.83. The Hall–Kier alpha value is -3.06. The first kappa shape index (κ1) is 20.2. The van der Waals surface area contributed by atoms with E-state index < -0.39 is 11.4 Å². The van der Waals surface area contributed by atoms with Gasteiger partial charge in [-0.2, -0.15) is 0 Å². The van der Waals surface area contributed by atoms with Gasteiger partial charge in [0.2, 0.25) is 5.91 Å². The highest BCUT2D eigenvalue weighted by molar-refractivity contribution is 5.90. The van der Waals surface area contributed by atoms with Crippen LogP contribution in [0.25, 0.3) is 10.9 Å². The Bertz CT molecular complexity index is 1110. The maximum atomic E-state index is 13.4. The zero-order valence-corrected chi connectivity index (χ0v) is 17.0. The van der Waals surface area contributed by atoms with Gasteiger partial charge in [0.15, 0.2) is 0 Å². The van der Waals surface area contributed by atoms with E-state index in [0.717, 1.165) is 19.2 Å². The minimum Gasteiger partial charge on any atom is -0.325 e. The van der Waals surface area contributed by atoms with E-state index in [4.69, 9.17) is 0 Å². The number of amides is 1. The van der Waals surface area contributed by atoms with Gasteiger partial charge in [-0.05, 0) is 62.2 Å². The third-order valence-electron chi connectivity index (χ3n) is 5.66. The first-order valence-corrected chi connectivity index (χ1v) is 10.3. The SMILES string of the molecule is CC1CCCCN1Cc1ccc(NC(=O)Cn2cnc3ccc(F)cc3c2=O)cc1. The summed E-state index contributed by atoms with van der Waals surface area (Å²) >= 11 is 0. The molecular weight excluding hydrogens is 383 g/mol. The van der Waals surface area contributed by atoms with Gasteiger partial charge in [0, 0.05) is 18.3 Å². The van der Waals surface area contributed by atoms with Gasteiger partial charge in [0.25, 0.3) is 5.56 Å². The lowest BCUT2D eigenvalue weighted by Gasteiger charge is -2.33. The van der Waals surface area contributed by atoms with Gasteiger partial charge >= 0.3 is 0 Å². The predicted octanol–water partition coefficient (Wildman–Crippen LogP) is 3.55. The third kappa shape index (κ3) is 4.57. The zero-order valence-electron chi connectivity index (χ0n) is 17.0. The fourth-order valence-electron chi connectivity index (χ4n) is 3.92. The van der Waals surface area contributed by atoms with Crippen LogP contribution in [-0.2, 0) is 17.9 Å². The summed E-state index contributed by atoms with van der Waals surface area (Å²) in [6.07, 6.45) is 5.09. The highest BCUT2D eigenvalue weighted by Gasteiger charge is 2.18. The van der Waals surface area contributed by atoms with E-state index in [1.807, 2.05) is 24.3 Å². The number of hydrogen-bond acceptors (Lipinski definition) is 4. The first-order valence-electron chi connectivity index (χ1n) is 10.3. The van der Waals surface area contributed by atoms with Crippen LogP contribution in [-0.4, -0.2) is 32.9 Å². The van der Waals surface area contributed by atoms with Crippen LogP contribution in [0, 0.1) is 5.82 Å². The van der Waals surface area contributed by atoms with Crippen molar-refractivity contribution in [1.29, 1.82) is 0 Å². The minimum atomic E-state index is -0.511. The average molecular weight is 408 g/mol. The van der Waals surface area contributed by atoms with Gasteiger partial charge in [-0.25, -0.2) is 9.37 Å². The van der Waals surface area contributed by atoms with Crippen molar-refractivity contribution < 1.29 is 9.18 Å². The normalized spacial score (nSPS) is 17.2. The fourth-order valence-corrected chi connectivity index (χ4v) is 3.92. The van der Waals surface area contributed by atoms with Crippen LogP contribution in [0.4, 0.5) is 10.1 Å². The number of nitrogens with one attached hydrogen (secondary N) is 1. The number of nitrogens with zero attached hydrogens (tertiary/aromatic N) is 3. The van der Waals surface area contributed by atoms with Gasteiger partial charge in [0.1, 0.15) is 12.4 Å². The molecule has 4 rings (SSSR count). The predicted molar refractivity (Wildman–Crippen MR) is 115 cm³/mol. The Kier molecular flexibility index (Phi) is 5.90. The van der Waals surface area contributed by atoms with Crippen LogP contribution >= 0.6 is 0 Å². The monoisotopic (exact) mass is 408 g/mol. The summed E-state index contributed by atoms with van der Waals surface area (Å²) in [5, 5.41) is 2.96. The number of benzene rings is 2. The number of likely N-dealkylation sites (tertiary alicyclic amines) is 1. The summed E-state index contributed by atoms with van der Waals surface area (Å²) in [7, 11) is 0. The Labute approximate surface area is 174 Å². The third-order valence-corrected chi connectivity index (χ3v) is 5.66. The molecule has 2 aromatic carbocycles. The molecule has 0 spiro atoms. The maximum Gasteiger partial charge on any atom is 0.261 e. The van der Waals surface area contributed by atoms with Crippen LogP contribution in [0.5, 0.6) is 0 Å². The van der Waals surface area contributed by atoms with E-state index in [2.05, 4.69) is 22.1 Å². The van der Waals surface area contributed by atoms with Crippen molar-refractivity contribution >= 4 is 22.5 Å². The Morgan fingerprint density at radius 3 is 2.77 bits per heavy atom. The number of rotatable bonds is 5. The van der Waals surface area contributed by atoms with Gasteiger partial charge in [-0.15, -0.1) is 0 Å². The molecule has 1 N–H and O–H groups in total. The number of aromatic nitrogens is 2. The number of carbonyl (C=O) groups is 1. The molecule has 0 radical (unpaired) electrons. The highest BCUT2D eigenvalue weighted by atomic mass is 19.1. The number of anilines is 1. The molecule has 1 fully saturated rings. The van der Waals surface area contributed by atoms with Crippen molar-refractivity contribution in [3.63, 3.8) is 0 Å². The lowest BCUT2D eigenvalue weighted by atomic mass is 10.0. The van der Waals surface area contributed by atoms with E-state index in [9.17, 15) is 14.0 Å². The Morgan fingerprint density at radius 1 is 1.20 bits per heavy atom. The molecule has 7 heteroatoms. The fraction of sp³-hybridized carbons (Fsp3) is 0.348. The number of carbonyl (C=O) groups excluding carboxylic acids is 1. The van der Waals surface area contributed by atoms with Crippen LogP contribution in [0.1, 0.15) is 31.7 Å². The lowest BCUT2D eigenvalue weighted by molar-refractivity contribution is -0.116. The largest absolute Gasteiger partial charge is 0.325 e. The molecule has 1 aliphatic rings. The highest BCUT2D eigenvalue weighted by Crippen LogP contribution is 2.20. The van der Waals surface area contributed by atoms with Gasteiger partial charge in [-0.3, -0.25) is 19.1 Å². The Morgan fingerprint density at radius 2 is 2.00 bits per heavy atom. The molecule has 3 aromatic rings. The molecule has 1 saturated heterocycles. The lowest BCUT2D eigenvalue weighted by Crippen LogP contribution is -2.36.